The second kappa shape index (κ2) is 9.01. The molecule has 1 aliphatic heterocycles. The summed E-state index contributed by atoms with van der Waals surface area (Å²) in [4.78, 5) is 38.2. The van der Waals surface area contributed by atoms with Crippen LogP contribution in [0.1, 0.15) is 11.3 Å². The Kier molecular flexibility index (Phi) is 5.75. The van der Waals surface area contributed by atoms with E-state index in [1.807, 2.05) is 50.2 Å². The second-order valence-corrected chi connectivity index (χ2v) is 8.47. The summed E-state index contributed by atoms with van der Waals surface area (Å²) in [5.41, 5.74) is 4.10. The van der Waals surface area contributed by atoms with E-state index < -0.39 is 5.76 Å². The Morgan fingerprint density at radius 3 is 2.50 bits per heavy atom. The van der Waals surface area contributed by atoms with Crippen molar-refractivity contribution in [3.8, 4) is 0 Å². The molecule has 34 heavy (non-hydrogen) atoms. The SMILES string of the molecule is Cc1ccc(Nc2nc(C)cc(N3CCN(C(=O)Cn4c(=O)oc5ccccc54)CC3)n2)cc1. The van der Waals surface area contributed by atoms with Crippen LogP contribution >= 0.6 is 0 Å². The highest BCUT2D eigenvalue weighted by Gasteiger charge is 2.24. The highest BCUT2D eigenvalue weighted by atomic mass is 16.4. The number of piperazine rings is 1. The number of hydrogen-bond acceptors (Lipinski definition) is 7. The van der Waals surface area contributed by atoms with Gasteiger partial charge in [0.2, 0.25) is 11.9 Å². The van der Waals surface area contributed by atoms with Gasteiger partial charge in [-0.05, 0) is 38.1 Å². The number of fused-ring (bicyclic) bond motifs is 1. The Morgan fingerprint density at radius 2 is 1.74 bits per heavy atom. The highest BCUT2D eigenvalue weighted by Crippen LogP contribution is 2.20. The number of aryl methyl sites for hydroxylation is 2. The fourth-order valence-corrected chi connectivity index (χ4v) is 4.12. The Hall–Kier alpha value is -4.14. The Morgan fingerprint density at radius 1 is 1.00 bits per heavy atom. The summed E-state index contributed by atoms with van der Waals surface area (Å²) < 4.78 is 6.63. The van der Waals surface area contributed by atoms with Gasteiger partial charge in [-0.3, -0.25) is 9.36 Å². The van der Waals surface area contributed by atoms with E-state index in [9.17, 15) is 9.59 Å². The number of carbonyl (C=O) groups excluding carboxylic acids is 1. The summed E-state index contributed by atoms with van der Waals surface area (Å²) in [6.45, 7) is 6.34. The number of hydrogen-bond donors (Lipinski definition) is 1. The summed E-state index contributed by atoms with van der Waals surface area (Å²) in [6.07, 6.45) is 0. The lowest BCUT2D eigenvalue weighted by molar-refractivity contribution is -0.132. The van der Waals surface area contributed by atoms with Crippen LogP contribution in [0.2, 0.25) is 0 Å². The van der Waals surface area contributed by atoms with Crippen LogP contribution in [-0.2, 0) is 11.3 Å². The number of oxazole rings is 1. The number of nitrogens with one attached hydrogen (secondary N) is 1. The number of anilines is 3. The first-order valence-electron chi connectivity index (χ1n) is 11.3. The minimum Gasteiger partial charge on any atom is -0.408 e. The maximum absolute atomic E-state index is 12.9. The van der Waals surface area contributed by atoms with Crippen molar-refractivity contribution in [2.45, 2.75) is 20.4 Å². The van der Waals surface area contributed by atoms with Gasteiger partial charge in [0.25, 0.3) is 0 Å². The molecule has 0 bridgehead atoms. The first kappa shape index (κ1) is 21.7. The fourth-order valence-electron chi connectivity index (χ4n) is 4.12. The van der Waals surface area contributed by atoms with Crippen molar-refractivity contribution in [2.24, 2.45) is 0 Å². The first-order chi connectivity index (χ1) is 16.5. The van der Waals surface area contributed by atoms with Crippen molar-refractivity contribution < 1.29 is 9.21 Å². The molecule has 0 unspecified atom stereocenters. The van der Waals surface area contributed by atoms with Crippen molar-refractivity contribution in [3.05, 3.63) is 76.4 Å². The molecule has 4 aromatic rings. The molecule has 1 fully saturated rings. The molecule has 5 rings (SSSR count). The van der Waals surface area contributed by atoms with Crippen LogP contribution in [0.25, 0.3) is 11.1 Å². The van der Waals surface area contributed by atoms with E-state index in [4.69, 9.17) is 9.40 Å². The average Bonchev–Trinajstić information content (AvgIpc) is 3.15. The van der Waals surface area contributed by atoms with E-state index >= 15 is 0 Å². The van der Waals surface area contributed by atoms with Gasteiger partial charge in [-0.25, -0.2) is 9.78 Å². The molecule has 0 radical (unpaired) electrons. The molecule has 9 nitrogen and oxygen atoms in total. The smallest absolute Gasteiger partial charge is 0.408 e. The average molecular weight is 459 g/mol. The molecule has 1 N–H and O–H groups in total. The Bertz CT molecular complexity index is 1380. The second-order valence-electron chi connectivity index (χ2n) is 8.47. The van der Waals surface area contributed by atoms with E-state index in [0.717, 1.165) is 17.2 Å². The van der Waals surface area contributed by atoms with Crippen molar-refractivity contribution in [1.29, 1.82) is 0 Å². The Labute approximate surface area is 196 Å². The van der Waals surface area contributed by atoms with E-state index in [1.54, 1.807) is 23.1 Å². The fraction of sp³-hybridized carbons (Fsp3) is 0.280. The van der Waals surface area contributed by atoms with Gasteiger partial charge in [-0.2, -0.15) is 4.98 Å². The quantitative estimate of drug-likeness (QED) is 0.491. The summed E-state index contributed by atoms with van der Waals surface area (Å²) in [7, 11) is 0. The van der Waals surface area contributed by atoms with E-state index in [2.05, 4.69) is 15.2 Å². The molecule has 9 heteroatoms. The molecular formula is C25H26N6O3. The van der Waals surface area contributed by atoms with Gasteiger partial charge in [-0.1, -0.05) is 29.8 Å². The molecule has 1 amide bonds. The molecule has 0 aliphatic carbocycles. The van der Waals surface area contributed by atoms with E-state index in [0.29, 0.717) is 43.2 Å². The number of aromatic nitrogens is 3. The summed E-state index contributed by atoms with van der Waals surface area (Å²) >= 11 is 0. The number of carbonyl (C=O) groups is 1. The van der Waals surface area contributed by atoms with Crippen LogP contribution in [0.3, 0.4) is 0 Å². The van der Waals surface area contributed by atoms with Gasteiger partial charge in [0.05, 0.1) is 5.52 Å². The van der Waals surface area contributed by atoms with Crippen LogP contribution < -0.4 is 16.0 Å². The first-order valence-corrected chi connectivity index (χ1v) is 11.3. The van der Waals surface area contributed by atoms with Crippen LogP contribution in [0.15, 0.2) is 63.8 Å². The minimum absolute atomic E-state index is 0.0346. The van der Waals surface area contributed by atoms with Crippen LogP contribution in [0.5, 0.6) is 0 Å². The molecule has 0 saturated carbocycles. The van der Waals surface area contributed by atoms with Gasteiger partial charge in [0, 0.05) is 43.6 Å². The van der Waals surface area contributed by atoms with Crippen LogP contribution in [0, 0.1) is 13.8 Å². The minimum atomic E-state index is -0.516. The topological polar surface area (TPSA) is 96.5 Å². The lowest BCUT2D eigenvalue weighted by Gasteiger charge is -2.35. The standard InChI is InChI=1S/C25H26N6O3/c1-17-7-9-19(10-8-17)27-24-26-18(2)15-22(28-24)29-11-13-30(14-12-29)23(32)16-31-20-5-3-4-6-21(20)34-25(31)33/h3-10,15H,11-14,16H2,1-2H3,(H,26,27,28). The summed E-state index contributed by atoms with van der Waals surface area (Å²) in [5, 5.41) is 3.27. The maximum atomic E-state index is 12.9. The monoisotopic (exact) mass is 458 g/mol. The van der Waals surface area contributed by atoms with Gasteiger partial charge in [0.1, 0.15) is 12.4 Å². The summed E-state index contributed by atoms with van der Waals surface area (Å²) in [5.74, 6) is 0.752. The number of rotatable bonds is 5. The van der Waals surface area contributed by atoms with Crippen molar-refractivity contribution in [1.82, 2.24) is 19.4 Å². The van der Waals surface area contributed by atoms with E-state index in [-0.39, 0.29) is 12.5 Å². The van der Waals surface area contributed by atoms with Gasteiger partial charge in [0.15, 0.2) is 5.58 Å². The normalized spacial score (nSPS) is 13.9. The third-order valence-corrected chi connectivity index (χ3v) is 5.97. The Balaban J connectivity index is 1.24. The maximum Gasteiger partial charge on any atom is 0.420 e. The number of nitrogens with zero attached hydrogens (tertiary/aromatic N) is 5. The molecule has 2 aromatic carbocycles. The largest absolute Gasteiger partial charge is 0.420 e. The van der Waals surface area contributed by atoms with Gasteiger partial charge < -0.3 is 19.5 Å². The van der Waals surface area contributed by atoms with Crippen LogP contribution in [-0.4, -0.2) is 51.5 Å². The number of benzene rings is 2. The van der Waals surface area contributed by atoms with Crippen LogP contribution in [0.4, 0.5) is 17.5 Å². The molecule has 3 heterocycles. The molecular weight excluding hydrogens is 432 g/mol. The predicted molar refractivity (Wildman–Crippen MR) is 130 cm³/mol. The lowest BCUT2D eigenvalue weighted by atomic mass is 10.2. The molecule has 0 spiro atoms. The number of para-hydroxylation sites is 2. The molecule has 0 atom stereocenters. The van der Waals surface area contributed by atoms with Gasteiger partial charge >= 0.3 is 5.76 Å². The van der Waals surface area contributed by atoms with Gasteiger partial charge in [-0.15, -0.1) is 0 Å². The zero-order valence-corrected chi connectivity index (χ0v) is 19.2. The zero-order chi connectivity index (χ0) is 23.7. The summed E-state index contributed by atoms with van der Waals surface area (Å²) in [6, 6.07) is 17.2. The third-order valence-electron chi connectivity index (χ3n) is 5.97. The van der Waals surface area contributed by atoms with Crippen molar-refractivity contribution >= 4 is 34.5 Å². The van der Waals surface area contributed by atoms with Crippen molar-refractivity contribution in [3.63, 3.8) is 0 Å². The zero-order valence-electron chi connectivity index (χ0n) is 19.2. The molecule has 174 valence electrons. The number of amides is 1. The molecule has 1 saturated heterocycles. The van der Waals surface area contributed by atoms with E-state index in [1.165, 1.54) is 10.1 Å². The predicted octanol–water partition coefficient (Wildman–Crippen LogP) is 3.09. The molecule has 1 aliphatic rings. The molecule has 2 aromatic heterocycles. The highest BCUT2D eigenvalue weighted by molar-refractivity contribution is 5.79. The van der Waals surface area contributed by atoms with Crippen molar-refractivity contribution in [2.75, 3.05) is 36.4 Å². The lowest BCUT2D eigenvalue weighted by Crippen LogP contribution is -2.50. The third kappa shape index (κ3) is 4.50.